The number of nitrogens with one attached hydrogen (secondary N) is 1. The average Bonchev–Trinajstić information content (AvgIpc) is 2.75. The van der Waals surface area contributed by atoms with E-state index in [0.717, 1.165) is 31.4 Å². The third kappa shape index (κ3) is 13.4. The molecule has 5 nitrogen and oxygen atoms in total. The lowest BCUT2D eigenvalue weighted by Gasteiger charge is -2.16. The van der Waals surface area contributed by atoms with Crippen LogP contribution in [-0.4, -0.2) is 38.7 Å². The number of methoxy groups -OCH3 is 1. The topological polar surface area (TPSA) is 64.6 Å². The quantitative estimate of drug-likeness (QED) is 0.266. The van der Waals surface area contributed by atoms with Gasteiger partial charge in [0.2, 0.25) is 5.91 Å². The van der Waals surface area contributed by atoms with E-state index >= 15 is 0 Å². The zero-order valence-corrected chi connectivity index (χ0v) is 19.0. The van der Waals surface area contributed by atoms with E-state index in [4.69, 9.17) is 9.47 Å². The maximum atomic E-state index is 12.2. The minimum Gasteiger partial charge on any atom is -0.466 e. The molecule has 0 heterocycles. The summed E-state index contributed by atoms with van der Waals surface area (Å²) in [5.74, 6) is -0.570. The van der Waals surface area contributed by atoms with Gasteiger partial charge >= 0.3 is 5.97 Å². The number of ether oxygens (including phenoxy) is 2. The van der Waals surface area contributed by atoms with Gasteiger partial charge in [0, 0.05) is 26.7 Å². The van der Waals surface area contributed by atoms with Gasteiger partial charge in [-0.3, -0.25) is 9.59 Å². The van der Waals surface area contributed by atoms with Crippen LogP contribution in [0.1, 0.15) is 76.7 Å². The maximum Gasteiger partial charge on any atom is 0.311 e. The van der Waals surface area contributed by atoms with Crippen LogP contribution in [0.5, 0.6) is 0 Å². The van der Waals surface area contributed by atoms with E-state index in [9.17, 15) is 9.59 Å². The summed E-state index contributed by atoms with van der Waals surface area (Å²) >= 11 is 0. The van der Waals surface area contributed by atoms with Gasteiger partial charge < -0.3 is 14.8 Å². The van der Waals surface area contributed by atoms with E-state index in [0.29, 0.717) is 26.0 Å². The Hall–Kier alpha value is -1.88. The number of unbranched alkanes of at least 4 members (excludes halogenated alkanes) is 8. The Balaban J connectivity index is 2.14. The maximum absolute atomic E-state index is 12.2. The highest BCUT2D eigenvalue weighted by atomic mass is 16.5. The summed E-state index contributed by atoms with van der Waals surface area (Å²) in [6, 6.07) is 9.85. The molecule has 0 saturated heterocycles. The first-order valence-corrected chi connectivity index (χ1v) is 11.6. The number of rotatable bonds is 18. The van der Waals surface area contributed by atoms with Crippen molar-refractivity contribution in [2.45, 2.75) is 77.6 Å². The standard InChI is InChI=1S/C25H41NO4/c1-3-30-25(28)23(20-22-16-12-11-13-17-22)21-26-24(27)18-14-9-7-5-4-6-8-10-15-19-29-2/h11-13,16-17,23H,3-10,14-15,18-21H2,1-2H3,(H,26,27). The summed E-state index contributed by atoms with van der Waals surface area (Å²) in [5.41, 5.74) is 1.07. The van der Waals surface area contributed by atoms with Crippen LogP contribution in [0, 0.1) is 5.92 Å². The Morgan fingerprint density at radius 2 is 1.50 bits per heavy atom. The molecular formula is C25H41NO4. The molecule has 0 saturated carbocycles. The normalized spacial score (nSPS) is 11.8. The first-order valence-electron chi connectivity index (χ1n) is 11.6. The minimum absolute atomic E-state index is 0.0236. The molecule has 0 spiro atoms. The van der Waals surface area contributed by atoms with Gasteiger partial charge in [0.1, 0.15) is 0 Å². The second-order valence-corrected chi connectivity index (χ2v) is 7.87. The van der Waals surface area contributed by atoms with Crippen molar-refractivity contribution in [3.8, 4) is 0 Å². The number of benzene rings is 1. The number of hydrogen-bond acceptors (Lipinski definition) is 4. The van der Waals surface area contributed by atoms with Gasteiger partial charge in [-0.05, 0) is 31.7 Å². The Kier molecular flexibility index (Phi) is 15.6. The first-order chi connectivity index (χ1) is 14.7. The highest BCUT2D eigenvalue weighted by Crippen LogP contribution is 2.12. The predicted molar refractivity (Wildman–Crippen MR) is 121 cm³/mol. The lowest BCUT2D eigenvalue weighted by Crippen LogP contribution is -2.35. The second-order valence-electron chi connectivity index (χ2n) is 7.87. The van der Waals surface area contributed by atoms with Crippen molar-refractivity contribution in [1.29, 1.82) is 0 Å². The van der Waals surface area contributed by atoms with Crippen LogP contribution in [-0.2, 0) is 25.5 Å². The van der Waals surface area contributed by atoms with Gasteiger partial charge in [-0.2, -0.15) is 0 Å². The Labute approximate surface area is 182 Å². The average molecular weight is 420 g/mol. The minimum atomic E-state index is -0.347. The van der Waals surface area contributed by atoms with Crippen LogP contribution in [0.15, 0.2) is 30.3 Å². The van der Waals surface area contributed by atoms with Gasteiger partial charge in [-0.1, -0.05) is 75.3 Å². The zero-order chi connectivity index (χ0) is 21.9. The number of hydrogen-bond donors (Lipinski definition) is 1. The molecular weight excluding hydrogens is 378 g/mol. The molecule has 1 N–H and O–H groups in total. The molecule has 0 aliphatic heterocycles. The van der Waals surface area contributed by atoms with Crippen LogP contribution in [0.2, 0.25) is 0 Å². The molecule has 1 atom stereocenters. The summed E-state index contributed by atoms with van der Waals surface area (Å²) in [6.07, 6.45) is 11.8. The summed E-state index contributed by atoms with van der Waals surface area (Å²) in [5, 5.41) is 2.93. The van der Waals surface area contributed by atoms with E-state index in [1.807, 2.05) is 30.3 Å². The van der Waals surface area contributed by atoms with Crippen molar-refractivity contribution < 1.29 is 19.1 Å². The molecule has 1 amide bonds. The predicted octanol–water partition coefficient (Wildman–Crippen LogP) is 5.07. The van der Waals surface area contributed by atoms with Crippen LogP contribution in [0.3, 0.4) is 0 Å². The van der Waals surface area contributed by atoms with Crippen molar-refractivity contribution in [2.75, 3.05) is 26.9 Å². The molecule has 0 bridgehead atoms. The highest BCUT2D eigenvalue weighted by molar-refractivity contribution is 5.78. The largest absolute Gasteiger partial charge is 0.466 e. The van der Waals surface area contributed by atoms with Crippen molar-refractivity contribution in [1.82, 2.24) is 5.32 Å². The highest BCUT2D eigenvalue weighted by Gasteiger charge is 2.21. The van der Waals surface area contributed by atoms with Crippen LogP contribution in [0.25, 0.3) is 0 Å². The summed E-state index contributed by atoms with van der Waals surface area (Å²) in [6.45, 7) is 3.35. The van der Waals surface area contributed by atoms with Gasteiger partial charge in [-0.25, -0.2) is 0 Å². The van der Waals surface area contributed by atoms with E-state index < -0.39 is 0 Å². The smallest absolute Gasteiger partial charge is 0.311 e. The summed E-state index contributed by atoms with van der Waals surface area (Å²) < 4.78 is 10.2. The molecule has 0 aliphatic rings. The van der Waals surface area contributed by atoms with Crippen molar-refractivity contribution >= 4 is 11.9 Å². The van der Waals surface area contributed by atoms with E-state index in [-0.39, 0.29) is 17.8 Å². The molecule has 1 unspecified atom stereocenters. The molecule has 0 radical (unpaired) electrons. The molecule has 1 rings (SSSR count). The fraction of sp³-hybridized carbons (Fsp3) is 0.680. The van der Waals surface area contributed by atoms with Crippen molar-refractivity contribution in [2.24, 2.45) is 5.92 Å². The fourth-order valence-electron chi connectivity index (χ4n) is 3.49. The van der Waals surface area contributed by atoms with Crippen LogP contribution >= 0.6 is 0 Å². The SMILES string of the molecule is CCOC(=O)C(CNC(=O)CCCCCCCCCCCOC)Cc1ccccc1. The van der Waals surface area contributed by atoms with E-state index in [2.05, 4.69) is 5.32 Å². The molecule has 0 fully saturated rings. The van der Waals surface area contributed by atoms with Gasteiger partial charge in [0.05, 0.1) is 12.5 Å². The summed E-state index contributed by atoms with van der Waals surface area (Å²) in [4.78, 5) is 24.4. The Morgan fingerprint density at radius 1 is 0.900 bits per heavy atom. The third-order valence-electron chi connectivity index (χ3n) is 5.24. The monoisotopic (exact) mass is 419 g/mol. The first kappa shape index (κ1) is 26.2. The molecule has 0 aliphatic carbocycles. The lowest BCUT2D eigenvalue weighted by atomic mass is 9.99. The number of amides is 1. The van der Waals surface area contributed by atoms with E-state index in [1.165, 1.54) is 38.5 Å². The molecule has 5 heteroatoms. The molecule has 1 aromatic rings. The second kappa shape index (κ2) is 17.9. The number of esters is 1. The van der Waals surface area contributed by atoms with Crippen LogP contribution < -0.4 is 5.32 Å². The third-order valence-corrected chi connectivity index (χ3v) is 5.24. The van der Waals surface area contributed by atoms with Gasteiger partial charge in [-0.15, -0.1) is 0 Å². The molecule has 170 valence electrons. The fourth-order valence-corrected chi connectivity index (χ4v) is 3.49. The number of carbonyl (C=O) groups is 2. The lowest BCUT2D eigenvalue weighted by molar-refractivity contribution is -0.147. The zero-order valence-electron chi connectivity index (χ0n) is 19.0. The van der Waals surface area contributed by atoms with Gasteiger partial charge in [0.25, 0.3) is 0 Å². The summed E-state index contributed by atoms with van der Waals surface area (Å²) in [7, 11) is 1.75. The van der Waals surface area contributed by atoms with E-state index in [1.54, 1.807) is 14.0 Å². The van der Waals surface area contributed by atoms with Gasteiger partial charge in [0.15, 0.2) is 0 Å². The van der Waals surface area contributed by atoms with Crippen molar-refractivity contribution in [3.63, 3.8) is 0 Å². The molecule has 0 aromatic heterocycles. The molecule has 30 heavy (non-hydrogen) atoms. The molecule has 1 aromatic carbocycles. The van der Waals surface area contributed by atoms with Crippen LogP contribution in [0.4, 0.5) is 0 Å². The number of carbonyl (C=O) groups excluding carboxylic acids is 2. The Bertz CT molecular complexity index is 562. The van der Waals surface area contributed by atoms with Crippen molar-refractivity contribution in [3.05, 3.63) is 35.9 Å². The Morgan fingerprint density at radius 3 is 2.10 bits per heavy atom.